The van der Waals surface area contributed by atoms with Gasteiger partial charge in [-0.15, -0.1) is 0 Å². The predicted octanol–water partition coefficient (Wildman–Crippen LogP) is 4.23. The summed E-state index contributed by atoms with van der Waals surface area (Å²) in [7, 11) is 0. The second-order valence-electron chi connectivity index (χ2n) is 6.78. The van der Waals surface area contributed by atoms with Crippen molar-refractivity contribution >= 4 is 11.7 Å². The van der Waals surface area contributed by atoms with Crippen LogP contribution < -0.4 is 0 Å². The minimum absolute atomic E-state index is 0.0395. The maximum atomic E-state index is 13.9. The fourth-order valence-corrected chi connectivity index (χ4v) is 4.16. The van der Waals surface area contributed by atoms with E-state index in [2.05, 4.69) is 22.2 Å². The highest BCUT2D eigenvalue weighted by Crippen LogP contribution is 2.41. The van der Waals surface area contributed by atoms with Crippen LogP contribution in [0.15, 0.2) is 53.8 Å². The maximum Gasteiger partial charge on any atom is 0.248 e. The molecule has 6 heteroatoms. The van der Waals surface area contributed by atoms with Gasteiger partial charge in [-0.2, -0.15) is 10.1 Å². The minimum Gasteiger partial charge on any atom is -0.222 e. The van der Waals surface area contributed by atoms with Gasteiger partial charge in [0.05, 0.1) is 11.8 Å². The van der Waals surface area contributed by atoms with E-state index in [1.807, 2.05) is 12.1 Å². The number of aliphatic imine (C=N–C) groups is 1. The maximum absolute atomic E-state index is 13.9. The van der Waals surface area contributed by atoms with E-state index >= 15 is 0 Å². The molecule has 1 aliphatic heterocycles. The number of aromatic nitrogens is 3. The molecule has 2 heterocycles. The fraction of sp³-hybridized carbons (Fsp3) is 0.250. The van der Waals surface area contributed by atoms with Crippen molar-refractivity contribution in [2.75, 3.05) is 0 Å². The Labute approximate surface area is 149 Å². The third-order valence-corrected chi connectivity index (χ3v) is 5.31. The topological polar surface area (TPSA) is 43.1 Å². The van der Waals surface area contributed by atoms with Crippen LogP contribution in [0.1, 0.15) is 35.6 Å². The van der Waals surface area contributed by atoms with Crippen LogP contribution in [0.25, 0.3) is 0 Å². The van der Waals surface area contributed by atoms with Gasteiger partial charge in [0.1, 0.15) is 6.33 Å². The van der Waals surface area contributed by atoms with Gasteiger partial charge in [-0.25, -0.2) is 18.5 Å². The van der Waals surface area contributed by atoms with Gasteiger partial charge >= 0.3 is 0 Å². The molecule has 0 bridgehead atoms. The Hall–Kier alpha value is -2.89. The van der Waals surface area contributed by atoms with E-state index in [9.17, 15) is 8.78 Å². The van der Waals surface area contributed by atoms with Gasteiger partial charge in [-0.05, 0) is 48.1 Å². The lowest BCUT2D eigenvalue weighted by Gasteiger charge is -2.32. The molecule has 1 aromatic heterocycles. The Kier molecular flexibility index (Phi) is 3.45. The number of hydrogen-bond acceptors (Lipinski definition) is 3. The summed E-state index contributed by atoms with van der Waals surface area (Å²) in [6, 6.07) is 12.1. The molecule has 0 amide bonds. The van der Waals surface area contributed by atoms with E-state index in [1.54, 1.807) is 10.7 Å². The van der Waals surface area contributed by atoms with Crippen LogP contribution in [0.2, 0.25) is 0 Å². The Morgan fingerprint density at radius 1 is 1.04 bits per heavy atom. The quantitative estimate of drug-likeness (QED) is 0.659. The van der Waals surface area contributed by atoms with Crippen LogP contribution in [-0.4, -0.2) is 20.5 Å². The summed E-state index contributed by atoms with van der Waals surface area (Å²) in [5.41, 5.74) is 4.04. The number of nitrogens with zero attached hydrogens (tertiary/aromatic N) is 4. The highest BCUT2D eigenvalue weighted by Gasteiger charge is 2.37. The van der Waals surface area contributed by atoms with Crippen LogP contribution in [0.4, 0.5) is 14.7 Å². The monoisotopic (exact) mass is 350 g/mol. The lowest BCUT2D eigenvalue weighted by atomic mass is 9.83. The Morgan fingerprint density at radius 2 is 1.92 bits per heavy atom. The summed E-state index contributed by atoms with van der Waals surface area (Å²) in [5, 5.41) is 4.33. The first-order valence-corrected chi connectivity index (χ1v) is 8.73. The SMILES string of the molecule is Fc1ccc(C2C3CCCc4ccccc4C3=Nc3ncnn32)cc1F. The number of hydrogen-bond donors (Lipinski definition) is 0. The molecule has 2 aromatic carbocycles. The van der Waals surface area contributed by atoms with Crippen molar-refractivity contribution in [2.24, 2.45) is 10.9 Å². The van der Waals surface area contributed by atoms with E-state index in [0.717, 1.165) is 30.5 Å². The molecule has 3 aromatic rings. The fourth-order valence-electron chi connectivity index (χ4n) is 4.16. The van der Waals surface area contributed by atoms with Crippen molar-refractivity contribution in [3.63, 3.8) is 0 Å². The third kappa shape index (κ3) is 2.29. The van der Waals surface area contributed by atoms with Crippen molar-refractivity contribution in [3.05, 3.63) is 77.1 Å². The lowest BCUT2D eigenvalue weighted by Crippen LogP contribution is -2.32. The molecule has 0 spiro atoms. The van der Waals surface area contributed by atoms with Crippen LogP contribution in [0, 0.1) is 17.6 Å². The molecule has 0 radical (unpaired) electrons. The Morgan fingerprint density at radius 3 is 2.81 bits per heavy atom. The normalized spacial score (nSPS) is 21.2. The molecule has 130 valence electrons. The third-order valence-electron chi connectivity index (χ3n) is 5.31. The summed E-state index contributed by atoms with van der Waals surface area (Å²) in [6.45, 7) is 0. The van der Waals surface area contributed by atoms with E-state index in [1.165, 1.54) is 24.0 Å². The van der Waals surface area contributed by atoms with Gasteiger partial charge in [-0.3, -0.25) is 0 Å². The van der Waals surface area contributed by atoms with E-state index < -0.39 is 11.6 Å². The van der Waals surface area contributed by atoms with Crippen LogP contribution in [0.5, 0.6) is 0 Å². The first kappa shape index (κ1) is 15.4. The van der Waals surface area contributed by atoms with E-state index in [4.69, 9.17) is 4.99 Å². The molecule has 5 rings (SSSR count). The van der Waals surface area contributed by atoms with Crippen LogP contribution in [0.3, 0.4) is 0 Å². The zero-order valence-electron chi connectivity index (χ0n) is 13.9. The summed E-state index contributed by atoms with van der Waals surface area (Å²) >= 11 is 0. The second kappa shape index (κ2) is 5.83. The van der Waals surface area contributed by atoms with Gasteiger partial charge in [0.15, 0.2) is 11.6 Å². The molecule has 0 saturated heterocycles. The van der Waals surface area contributed by atoms with Crippen LogP contribution >= 0.6 is 0 Å². The average molecular weight is 350 g/mol. The minimum atomic E-state index is -0.845. The van der Waals surface area contributed by atoms with Crippen molar-refractivity contribution in [1.29, 1.82) is 0 Å². The zero-order valence-corrected chi connectivity index (χ0v) is 13.9. The largest absolute Gasteiger partial charge is 0.248 e. The molecule has 2 aliphatic rings. The smallest absolute Gasteiger partial charge is 0.222 e. The molecular weight excluding hydrogens is 334 g/mol. The highest BCUT2D eigenvalue weighted by molar-refractivity contribution is 6.05. The molecule has 1 aliphatic carbocycles. The number of halogens is 2. The Bertz CT molecular complexity index is 1020. The van der Waals surface area contributed by atoms with E-state index in [-0.39, 0.29) is 12.0 Å². The number of benzene rings is 2. The molecule has 2 unspecified atom stereocenters. The van der Waals surface area contributed by atoms with Crippen molar-refractivity contribution in [2.45, 2.75) is 25.3 Å². The van der Waals surface area contributed by atoms with Gasteiger partial charge in [0, 0.05) is 5.92 Å². The standard InChI is InChI=1S/C20H16F2N4/c21-16-9-8-13(10-17(16)22)19-15-7-3-5-12-4-1-2-6-14(12)18(15)25-20-23-11-24-26(19)20/h1-2,4,6,8-11,15,19H,3,5,7H2. The summed E-state index contributed by atoms with van der Waals surface area (Å²) in [6.07, 6.45) is 4.34. The van der Waals surface area contributed by atoms with Crippen molar-refractivity contribution in [1.82, 2.24) is 14.8 Å². The van der Waals surface area contributed by atoms with Crippen LogP contribution in [-0.2, 0) is 6.42 Å². The molecule has 4 nitrogen and oxygen atoms in total. The Balaban J connectivity index is 1.72. The highest BCUT2D eigenvalue weighted by atomic mass is 19.2. The predicted molar refractivity (Wildman–Crippen MR) is 93.6 cm³/mol. The van der Waals surface area contributed by atoms with Crippen molar-refractivity contribution in [3.8, 4) is 0 Å². The first-order chi connectivity index (χ1) is 12.7. The molecule has 0 fully saturated rings. The molecule has 2 atom stereocenters. The van der Waals surface area contributed by atoms with E-state index in [0.29, 0.717) is 11.5 Å². The molecule has 0 saturated carbocycles. The second-order valence-corrected chi connectivity index (χ2v) is 6.78. The van der Waals surface area contributed by atoms with Gasteiger partial charge < -0.3 is 0 Å². The first-order valence-electron chi connectivity index (χ1n) is 8.73. The lowest BCUT2D eigenvalue weighted by molar-refractivity contribution is 0.395. The van der Waals surface area contributed by atoms with Crippen molar-refractivity contribution < 1.29 is 8.78 Å². The average Bonchev–Trinajstić information content (AvgIpc) is 3.04. The molecule has 26 heavy (non-hydrogen) atoms. The molecular formula is C20H16F2N4. The summed E-state index contributed by atoms with van der Waals surface area (Å²) < 4.78 is 29.1. The summed E-state index contributed by atoms with van der Waals surface area (Å²) in [4.78, 5) is 9.05. The number of fused-ring (bicyclic) bond motifs is 4. The van der Waals surface area contributed by atoms with Gasteiger partial charge in [0.2, 0.25) is 5.95 Å². The number of aryl methyl sites for hydroxylation is 1. The molecule has 0 N–H and O–H groups in total. The van der Waals surface area contributed by atoms with Gasteiger partial charge in [-0.1, -0.05) is 30.3 Å². The number of rotatable bonds is 1. The summed E-state index contributed by atoms with van der Waals surface area (Å²) in [5.74, 6) is -1.15. The zero-order chi connectivity index (χ0) is 17.7. The van der Waals surface area contributed by atoms with Gasteiger partial charge in [0.25, 0.3) is 0 Å².